The molecule has 1 aliphatic rings. The molecule has 3 heterocycles. The summed E-state index contributed by atoms with van der Waals surface area (Å²) in [5, 5.41) is 8.95. The molecule has 3 rings (SSSR count). The molecule has 2 aromatic rings. The number of nitrogens with zero attached hydrogens (tertiary/aromatic N) is 3. The van der Waals surface area contributed by atoms with Gasteiger partial charge in [0.15, 0.2) is 5.69 Å². The lowest BCUT2D eigenvalue weighted by atomic mass is 9.92. The standard InChI is InChI=1S/C17H22N4O2S/c1-11-7-12(2)10-21(9-11)17(23)13-8-15(20(3)19-13)18-16(22)14-5-4-6-24-14/h4-6,8,11-12H,7,9-10H2,1-3H3,(H,18,22). The van der Waals surface area contributed by atoms with Gasteiger partial charge in [-0.3, -0.25) is 14.3 Å². The number of nitrogens with one attached hydrogen (secondary N) is 1. The molecule has 0 bridgehead atoms. The molecule has 0 aromatic carbocycles. The zero-order valence-electron chi connectivity index (χ0n) is 14.2. The first-order valence-electron chi connectivity index (χ1n) is 8.12. The fourth-order valence-electron chi connectivity index (χ4n) is 3.27. The van der Waals surface area contributed by atoms with E-state index in [9.17, 15) is 9.59 Å². The van der Waals surface area contributed by atoms with E-state index in [1.54, 1.807) is 19.2 Å². The van der Waals surface area contributed by atoms with E-state index in [0.717, 1.165) is 19.5 Å². The predicted molar refractivity (Wildman–Crippen MR) is 94.3 cm³/mol. The number of aryl methyl sites for hydroxylation is 1. The summed E-state index contributed by atoms with van der Waals surface area (Å²) >= 11 is 1.38. The minimum absolute atomic E-state index is 0.0689. The van der Waals surface area contributed by atoms with Crippen molar-refractivity contribution >= 4 is 29.0 Å². The lowest BCUT2D eigenvalue weighted by Gasteiger charge is -2.34. The number of amides is 2. The molecule has 2 atom stereocenters. The Balaban J connectivity index is 1.73. The lowest BCUT2D eigenvalue weighted by Crippen LogP contribution is -2.42. The topological polar surface area (TPSA) is 67.2 Å². The van der Waals surface area contributed by atoms with E-state index in [1.807, 2.05) is 16.3 Å². The zero-order valence-corrected chi connectivity index (χ0v) is 15.0. The number of likely N-dealkylation sites (tertiary alicyclic amines) is 1. The summed E-state index contributed by atoms with van der Waals surface area (Å²) in [4.78, 5) is 27.4. The second-order valence-electron chi connectivity index (χ2n) is 6.63. The zero-order chi connectivity index (χ0) is 17.3. The molecule has 2 unspecified atom stereocenters. The van der Waals surface area contributed by atoms with E-state index in [4.69, 9.17) is 0 Å². The van der Waals surface area contributed by atoms with Crippen molar-refractivity contribution < 1.29 is 9.59 Å². The number of rotatable bonds is 3. The Bertz CT molecular complexity index is 728. The Morgan fingerprint density at radius 1 is 1.29 bits per heavy atom. The molecule has 1 saturated heterocycles. The maximum absolute atomic E-state index is 12.7. The van der Waals surface area contributed by atoms with Crippen molar-refractivity contribution in [2.75, 3.05) is 18.4 Å². The van der Waals surface area contributed by atoms with Crippen LogP contribution in [-0.4, -0.2) is 39.6 Å². The van der Waals surface area contributed by atoms with Gasteiger partial charge in [0.25, 0.3) is 11.8 Å². The molecule has 1 aliphatic heterocycles. The number of piperidine rings is 1. The SMILES string of the molecule is CC1CC(C)CN(C(=O)c2cc(NC(=O)c3cccs3)n(C)n2)C1. The van der Waals surface area contributed by atoms with Crippen LogP contribution >= 0.6 is 11.3 Å². The third-order valence-electron chi connectivity index (χ3n) is 4.24. The lowest BCUT2D eigenvalue weighted by molar-refractivity contribution is 0.0616. The molecular formula is C17H22N4O2S. The third kappa shape index (κ3) is 3.51. The molecule has 24 heavy (non-hydrogen) atoms. The van der Waals surface area contributed by atoms with Gasteiger partial charge in [0, 0.05) is 26.2 Å². The molecular weight excluding hydrogens is 324 g/mol. The van der Waals surface area contributed by atoms with Gasteiger partial charge in [-0.15, -0.1) is 11.3 Å². The van der Waals surface area contributed by atoms with Crippen LogP contribution in [0.1, 0.15) is 40.4 Å². The number of carbonyl (C=O) groups excluding carboxylic acids is 2. The van der Waals surface area contributed by atoms with Crippen LogP contribution in [0.4, 0.5) is 5.82 Å². The number of carbonyl (C=O) groups is 2. The molecule has 0 saturated carbocycles. The Labute approximate surface area is 145 Å². The highest BCUT2D eigenvalue weighted by molar-refractivity contribution is 7.12. The van der Waals surface area contributed by atoms with Crippen molar-refractivity contribution in [2.24, 2.45) is 18.9 Å². The van der Waals surface area contributed by atoms with Gasteiger partial charge in [0.2, 0.25) is 0 Å². The van der Waals surface area contributed by atoms with Crippen molar-refractivity contribution in [1.82, 2.24) is 14.7 Å². The monoisotopic (exact) mass is 346 g/mol. The van der Waals surface area contributed by atoms with Crippen LogP contribution in [-0.2, 0) is 7.05 Å². The van der Waals surface area contributed by atoms with Gasteiger partial charge in [-0.2, -0.15) is 5.10 Å². The molecule has 2 aromatic heterocycles. The highest BCUT2D eigenvalue weighted by atomic mass is 32.1. The summed E-state index contributed by atoms with van der Waals surface area (Å²) in [7, 11) is 1.72. The Hall–Kier alpha value is -2.15. The molecule has 0 spiro atoms. The van der Waals surface area contributed by atoms with Crippen LogP contribution in [0.5, 0.6) is 0 Å². The van der Waals surface area contributed by atoms with Crippen LogP contribution in [0.25, 0.3) is 0 Å². The molecule has 7 heteroatoms. The molecule has 0 aliphatic carbocycles. The maximum atomic E-state index is 12.7. The molecule has 0 radical (unpaired) electrons. The second-order valence-corrected chi connectivity index (χ2v) is 7.57. The normalized spacial score (nSPS) is 20.9. The first-order chi connectivity index (χ1) is 11.4. The Morgan fingerprint density at radius 3 is 2.62 bits per heavy atom. The fraction of sp³-hybridized carbons (Fsp3) is 0.471. The highest BCUT2D eigenvalue weighted by Crippen LogP contribution is 2.23. The fourth-order valence-corrected chi connectivity index (χ4v) is 3.88. The van der Waals surface area contributed by atoms with Crippen LogP contribution in [0.15, 0.2) is 23.6 Å². The molecule has 1 fully saturated rings. The molecule has 6 nitrogen and oxygen atoms in total. The summed E-state index contributed by atoms with van der Waals surface area (Å²) in [5.41, 5.74) is 0.375. The van der Waals surface area contributed by atoms with Gasteiger partial charge in [0.1, 0.15) is 5.82 Å². The molecule has 2 amide bonds. The minimum Gasteiger partial charge on any atom is -0.337 e. The average molecular weight is 346 g/mol. The number of thiophene rings is 1. The van der Waals surface area contributed by atoms with Gasteiger partial charge >= 0.3 is 0 Å². The smallest absolute Gasteiger partial charge is 0.274 e. The number of hydrogen-bond acceptors (Lipinski definition) is 4. The van der Waals surface area contributed by atoms with Crippen molar-refractivity contribution in [3.63, 3.8) is 0 Å². The summed E-state index contributed by atoms with van der Waals surface area (Å²) < 4.78 is 1.54. The van der Waals surface area contributed by atoms with E-state index >= 15 is 0 Å². The number of hydrogen-bond donors (Lipinski definition) is 1. The summed E-state index contributed by atoms with van der Waals surface area (Å²) in [6, 6.07) is 5.24. The highest BCUT2D eigenvalue weighted by Gasteiger charge is 2.28. The third-order valence-corrected chi connectivity index (χ3v) is 5.11. The number of anilines is 1. The van der Waals surface area contributed by atoms with Crippen LogP contribution in [0, 0.1) is 11.8 Å². The number of aromatic nitrogens is 2. The van der Waals surface area contributed by atoms with Gasteiger partial charge in [-0.05, 0) is 29.7 Å². The van der Waals surface area contributed by atoms with Gasteiger partial charge in [-0.1, -0.05) is 19.9 Å². The van der Waals surface area contributed by atoms with Crippen LogP contribution < -0.4 is 5.32 Å². The molecule has 128 valence electrons. The van der Waals surface area contributed by atoms with Crippen LogP contribution in [0.3, 0.4) is 0 Å². The largest absolute Gasteiger partial charge is 0.337 e. The second kappa shape index (κ2) is 6.76. The summed E-state index contributed by atoms with van der Waals surface area (Å²) in [6.07, 6.45) is 1.15. The van der Waals surface area contributed by atoms with Gasteiger partial charge in [0.05, 0.1) is 4.88 Å². The van der Waals surface area contributed by atoms with Crippen molar-refractivity contribution in [2.45, 2.75) is 20.3 Å². The quantitative estimate of drug-likeness (QED) is 0.929. The maximum Gasteiger partial charge on any atom is 0.274 e. The predicted octanol–water partition coefficient (Wildman–Crippen LogP) is 2.85. The van der Waals surface area contributed by atoms with E-state index in [0.29, 0.717) is 28.2 Å². The summed E-state index contributed by atoms with van der Waals surface area (Å²) in [6.45, 7) is 5.86. The van der Waals surface area contributed by atoms with E-state index in [1.165, 1.54) is 16.0 Å². The van der Waals surface area contributed by atoms with E-state index in [-0.39, 0.29) is 11.8 Å². The van der Waals surface area contributed by atoms with Crippen LogP contribution in [0.2, 0.25) is 0 Å². The first kappa shape index (κ1) is 16.7. The van der Waals surface area contributed by atoms with Crippen molar-refractivity contribution in [3.8, 4) is 0 Å². The van der Waals surface area contributed by atoms with Crippen molar-refractivity contribution in [1.29, 1.82) is 0 Å². The van der Waals surface area contributed by atoms with E-state index in [2.05, 4.69) is 24.3 Å². The summed E-state index contributed by atoms with van der Waals surface area (Å²) in [5.74, 6) is 1.27. The molecule has 1 N–H and O–H groups in total. The van der Waals surface area contributed by atoms with Gasteiger partial charge < -0.3 is 10.2 Å². The first-order valence-corrected chi connectivity index (χ1v) is 9.00. The average Bonchev–Trinajstić information content (AvgIpc) is 3.16. The minimum atomic E-state index is -0.188. The Kier molecular flexibility index (Phi) is 4.71. The Morgan fingerprint density at radius 2 is 2.00 bits per heavy atom. The van der Waals surface area contributed by atoms with Gasteiger partial charge in [-0.25, -0.2) is 0 Å². The van der Waals surface area contributed by atoms with E-state index < -0.39 is 0 Å². The van der Waals surface area contributed by atoms with Crippen molar-refractivity contribution in [3.05, 3.63) is 34.2 Å².